The van der Waals surface area contributed by atoms with Crippen molar-refractivity contribution in [3.63, 3.8) is 0 Å². The maximum atomic E-state index is 12.7. The van der Waals surface area contributed by atoms with Gasteiger partial charge in [-0.3, -0.25) is 4.79 Å². The van der Waals surface area contributed by atoms with E-state index >= 15 is 0 Å². The number of rotatable bonds is 7. The Kier molecular flexibility index (Phi) is 6.59. The summed E-state index contributed by atoms with van der Waals surface area (Å²) in [6.07, 6.45) is 2.06. The van der Waals surface area contributed by atoms with Crippen molar-refractivity contribution in [2.45, 2.75) is 27.2 Å². The van der Waals surface area contributed by atoms with Crippen molar-refractivity contribution in [2.75, 3.05) is 19.5 Å². The van der Waals surface area contributed by atoms with Crippen molar-refractivity contribution in [2.24, 2.45) is 0 Å². The normalized spacial score (nSPS) is 10.5. The summed E-state index contributed by atoms with van der Waals surface area (Å²) >= 11 is 0. The number of esters is 1. The van der Waals surface area contributed by atoms with E-state index in [-0.39, 0.29) is 5.91 Å². The zero-order valence-corrected chi connectivity index (χ0v) is 18.2. The van der Waals surface area contributed by atoms with Crippen LogP contribution in [0.15, 0.2) is 36.5 Å². The monoisotopic (exact) mass is 423 g/mol. The van der Waals surface area contributed by atoms with Crippen molar-refractivity contribution in [1.29, 1.82) is 0 Å². The largest absolute Gasteiger partial charge is 0.493 e. The third kappa shape index (κ3) is 4.69. The molecule has 8 nitrogen and oxygen atoms in total. The first-order valence-electron chi connectivity index (χ1n) is 9.77. The Labute approximate surface area is 180 Å². The number of hydrogen-bond acceptors (Lipinski definition) is 6. The first kappa shape index (κ1) is 21.9. The van der Waals surface area contributed by atoms with Crippen LogP contribution in [0, 0.1) is 13.8 Å². The highest BCUT2D eigenvalue weighted by molar-refractivity contribution is 6.06. The number of carbonyl (C=O) groups excluding carboxylic acids is 2. The summed E-state index contributed by atoms with van der Waals surface area (Å²) in [4.78, 5) is 32.1. The van der Waals surface area contributed by atoms with Crippen LogP contribution in [0.25, 0.3) is 0 Å². The fourth-order valence-corrected chi connectivity index (χ4v) is 3.21. The van der Waals surface area contributed by atoms with E-state index in [9.17, 15) is 9.59 Å². The van der Waals surface area contributed by atoms with Crippen molar-refractivity contribution in [3.8, 4) is 17.4 Å². The number of nitrogens with one attached hydrogen (secondary N) is 2. The predicted octanol–water partition coefficient (Wildman–Crippen LogP) is 4.43. The van der Waals surface area contributed by atoms with Gasteiger partial charge in [-0.1, -0.05) is 13.0 Å². The summed E-state index contributed by atoms with van der Waals surface area (Å²) in [6, 6.07) is 8.92. The van der Waals surface area contributed by atoms with E-state index < -0.39 is 5.97 Å². The van der Waals surface area contributed by atoms with Crippen molar-refractivity contribution in [3.05, 3.63) is 64.6 Å². The first-order chi connectivity index (χ1) is 14.9. The number of aryl methyl sites for hydroxylation is 2. The van der Waals surface area contributed by atoms with E-state index in [0.717, 1.165) is 5.56 Å². The number of methoxy groups -OCH3 is 2. The van der Waals surface area contributed by atoms with Crippen LogP contribution in [0.4, 0.5) is 5.69 Å². The van der Waals surface area contributed by atoms with Crippen LogP contribution in [-0.2, 0) is 11.2 Å². The van der Waals surface area contributed by atoms with Gasteiger partial charge in [0.1, 0.15) is 5.69 Å². The van der Waals surface area contributed by atoms with Crippen LogP contribution in [0.5, 0.6) is 17.4 Å². The molecule has 2 aromatic heterocycles. The summed E-state index contributed by atoms with van der Waals surface area (Å²) in [5, 5.41) is 2.78. The number of hydrogen-bond donors (Lipinski definition) is 2. The van der Waals surface area contributed by atoms with Gasteiger partial charge in [0.15, 0.2) is 11.5 Å². The zero-order chi connectivity index (χ0) is 22.5. The fourth-order valence-electron chi connectivity index (χ4n) is 3.21. The third-order valence-electron chi connectivity index (χ3n) is 4.83. The van der Waals surface area contributed by atoms with Gasteiger partial charge < -0.3 is 24.5 Å². The standard InChI is InChI=1S/C23H25N3O5/c1-6-16-20(23(28)30-5)14(3)21(26-16)22(27)25-15-8-10-19(24-12-15)31-17-9-7-13(2)11-18(17)29-4/h7-12,26H,6H2,1-5H3,(H,25,27). The van der Waals surface area contributed by atoms with Crippen LogP contribution < -0.4 is 14.8 Å². The number of amides is 1. The molecule has 3 rings (SSSR count). The van der Waals surface area contributed by atoms with Crippen LogP contribution in [0.2, 0.25) is 0 Å². The fraction of sp³-hybridized carbons (Fsp3) is 0.261. The second-order valence-electron chi connectivity index (χ2n) is 6.92. The minimum absolute atomic E-state index is 0.307. The Morgan fingerprint density at radius 3 is 2.48 bits per heavy atom. The lowest BCUT2D eigenvalue weighted by atomic mass is 10.1. The van der Waals surface area contributed by atoms with E-state index in [4.69, 9.17) is 14.2 Å². The lowest BCUT2D eigenvalue weighted by molar-refractivity contribution is 0.0599. The maximum Gasteiger partial charge on any atom is 0.339 e. The highest BCUT2D eigenvalue weighted by Gasteiger charge is 2.23. The lowest BCUT2D eigenvalue weighted by Gasteiger charge is -2.11. The zero-order valence-electron chi connectivity index (χ0n) is 18.2. The molecule has 8 heteroatoms. The molecule has 2 heterocycles. The molecule has 0 saturated heterocycles. The van der Waals surface area contributed by atoms with E-state index in [0.29, 0.717) is 52.0 Å². The van der Waals surface area contributed by atoms with E-state index in [1.54, 1.807) is 26.2 Å². The molecule has 0 fully saturated rings. The molecule has 0 bridgehead atoms. The molecule has 0 atom stereocenters. The van der Waals surface area contributed by atoms with Crippen LogP contribution in [-0.4, -0.2) is 36.1 Å². The highest BCUT2D eigenvalue weighted by Crippen LogP contribution is 2.31. The predicted molar refractivity (Wildman–Crippen MR) is 116 cm³/mol. The molecule has 0 saturated carbocycles. The Hall–Kier alpha value is -3.81. The number of anilines is 1. The summed E-state index contributed by atoms with van der Waals surface area (Å²) in [5.41, 5.74) is 3.44. The summed E-state index contributed by atoms with van der Waals surface area (Å²) in [7, 11) is 2.89. The van der Waals surface area contributed by atoms with Crippen molar-refractivity contribution in [1.82, 2.24) is 9.97 Å². The topological polar surface area (TPSA) is 103 Å². The average molecular weight is 423 g/mol. The number of nitrogens with zero attached hydrogens (tertiary/aromatic N) is 1. The minimum atomic E-state index is -0.473. The second-order valence-corrected chi connectivity index (χ2v) is 6.92. The molecule has 3 aromatic rings. The van der Waals surface area contributed by atoms with Gasteiger partial charge in [-0.05, 0) is 49.6 Å². The molecule has 0 unspecified atom stereocenters. The minimum Gasteiger partial charge on any atom is -0.493 e. The van der Waals surface area contributed by atoms with Gasteiger partial charge in [-0.2, -0.15) is 0 Å². The highest BCUT2D eigenvalue weighted by atomic mass is 16.5. The van der Waals surface area contributed by atoms with Crippen molar-refractivity contribution < 1.29 is 23.8 Å². The van der Waals surface area contributed by atoms with Crippen LogP contribution >= 0.6 is 0 Å². The quantitative estimate of drug-likeness (QED) is 0.545. The molecule has 0 aliphatic heterocycles. The van der Waals surface area contributed by atoms with Gasteiger partial charge in [0.05, 0.1) is 31.7 Å². The Morgan fingerprint density at radius 1 is 1.10 bits per heavy atom. The lowest BCUT2D eigenvalue weighted by Crippen LogP contribution is -2.14. The number of aromatic amines is 1. The van der Waals surface area contributed by atoms with Gasteiger partial charge in [0.2, 0.25) is 5.88 Å². The molecule has 2 N–H and O–H groups in total. The number of ether oxygens (including phenoxy) is 3. The Morgan fingerprint density at radius 2 is 1.87 bits per heavy atom. The molecular weight excluding hydrogens is 398 g/mol. The van der Waals surface area contributed by atoms with Gasteiger partial charge in [0.25, 0.3) is 5.91 Å². The van der Waals surface area contributed by atoms with Gasteiger partial charge in [-0.15, -0.1) is 0 Å². The molecule has 0 aliphatic carbocycles. The Bertz CT molecular complexity index is 1100. The number of benzene rings is 1. The molecule has 0 spiro atoms. The number of pyridine rings is 1. The molecular formula is C23H25N3O5. The first-order valence-corrected chi connectivity index (χ1v) is 9.77. The van der Waals surface area contributed by atoms with Gasteiger partial charge in [-0.25, -0.2) is 9.78 Å². The molecule has 0 aliphatic rings. The number of aromatic nitrogens is 2. The van der Waals surface area contributed by atoms with Crippen LogP contribution in [0.3, 0.4) is 0 Å². The maximum absolute atomic E-state index is 12.7. The molecule has 1 amide bonds. The van der Waals surface area contributed by atoms with Crippen molar-refractivity contribution >= 4 is 17.6 Å². The Balaban J connectivity index is 1.75. The average Bonchev–Trinajstić information content (AvgIpc) is 3.12. The van der Waals surface area contributed by atoms with Gasteiger partial charge in [0, 0.05) is 11.8 Å². The SMILES string of the molecule is CCc1[nH]c(C(=O)Nc2ccc(Oc3ccc(C)cc3OC)nc2)c(C)c1C(=O)OC. The molecule has 31 heavy (non-hydrogen) atoms. The summed E-state index contributed by atoms with van der Waals surface area (Å²) in [6.45, 7) is 5.57. The molecule has 0 radical (unpaired) electrons. The van der Waals surface area contributed by atoms with Crippen LogP contribution in [0.1, 0.15) is 44.6 Å². The summed E-state index contributed by atoms with van der Waals surface area (Å²) < 4.78 is 16.0. The van der Waals surface area contributed by atoms with E-state index in [1.165, 1.54) is 13.3 Å². The summed E-state index contributed by atoms with van der Waals surface area (Å²) in [5.74, 6) is 0.659. The van der Waals surface area contributed by atoms with E-state index in [2.05, 4.69) is 15.3 Å². The third-order valence-corrected chi connectivity index (χ3v) is 4.83. The molecule has 162 valence electrons. The number of carbonyl (C=O) groups is 2. The second kappa shape index (κ2) is 9.34. The smallest absolute Gasteiger partial charge is 0.339 e. The van der Waals surface area contributed by atoms with Gasteiger partial charge >= 0.3 is 5.97 Å². The number of H-pyrrole nitrogens is 1. The van der Waals surface area contributed by atoms with E-state index in [1.807, 2.05) is 32.0 Å². The molecule has 1 aromatic carbocycles.